The van der Waals surface area contributed by atoms with E-state index >= 15 is 0 Å². The Hall–Kier alpha value is -1.75. The maximum Gasteiger partial charge on any atom is 0.204 e. The molecule has 0 amide bonds. The van der Waals surface area contributed by atoms with Gasteiger partial charge in [-0.05, 0) is 43.3 Å². The zero-order chi connectivity index (χ0) is 12.3. The molecule has 0 aliphatic heterocycles. The van der Waals surface area contributed by atoms with Gasteiger partial charge in [0.05, 0.1) is 6.54 Å². The van der Waals surface area contributed by atoms with Crippen molar-refractivity contribution in [2.45, 2.75) is 20.4 Å². The fraction of sp³-hybridized carbons (Fsp3) is 0.417. The van der Waals surface area contributed by atoms with Gasteiger partial charge >= 0.3 is 0 Å². The third-order valence-electron chi connectivity index (χ3n) is 2.78. The SMILES string of the molecule is CNCCn1nnc(-c2ccc(C)c(C)c2)n1. The highest BCUT2D eigenvalue weighted by atomic mass is 15.6. The molecular weight excluding hydrogens is 214 g/mol. The minimum atomic E-state index is 0.684. The Morgan fingerprint density at radius 3 is 2.76 bits per heavy atom. The van der Waals surface area contributed by atoms with E-state index in [4.69, 9.17) is 0 Å². The average Bonchev–Trinajstić information content (AvgIpc) is 2.79. The van der Waals surface area contributed by atoms with E-state index in [-0.39, 0.29) is 0 Å². The predicted octanol–water partition coefficient (Wildman–Crippen LogP) is 1.18. The largest absolute Gasteiger partial charge is 0.318 e. The number of tetrazole rings is 1. The fourth-order valence-corrected chi connectivity index (χ4v) is 1.55. The van der Waals surface area contributed by atoms with Gasteiger partial charge in [-0.25, -0.2) is 0 Å². The molecule has 5 nitrogen and oxygen atoms in total. The first kappa shape index (κ1) is 11.7. The number of hydrogen-bond acceptors (Lipinski definition) is 4. The van der Waals surface area contributed by atoms with E-state index in [2.05, 4.69) is 46.7 Å². The standard InChI is InChI=1S/C12H17N5/c1-9-4-5-11(8-10(9)2)12-14-16-17(15-12)7-6-13-3/h4-5,8,13H,6-7H2,1-3H3. The maximum absolute atomic E-state index is 4.34. The molecule has 90 valence electrons. The lowest BCUT2D eigenvalue weighted by atomic mass is 10.1. The third kappa shape index (κ3) is 2.68. The number of benzene rings is 1. The quantitative estimate of drug-likeness (QED) is 0.858. The molecule has 17 heavy (non-hydrogen) atoms. The van der Waals surface area contributed by atoms with Crippen LogP contribution in [0.2, 0.25) is 0 Å². The molecule has 0 radical (unpaired) electrons. The number of nitrogens with one attached hydrogen (secondary N) is 1. The molecule has 1 aromatic carbocycles. The van der Waals surface area contributed by atoms with Crippen molar-refractivity contribution in [3.8, 4) is 11.4 Å². The van der Waals surface area contributed by atoms with Crippen LogP contribution >= 0.6 is 0 Å². The third-order valence-corrected chi connectivity index (χ3v) is 2.78. The first-order valence-corrected chi connectivity index (χ1v) is 5.71. The van der Waals surface area contributed by atoms with E-state index in [1.165, 1.54) is 11.1 Å². The molecule has 1 heterocycles. The molecule has 0 bridgehead atoms. The van der Waals surface area contributed by atoms with Crippen molar-refractivity contribution in [1.82, 2.24) is 25.5 Å². The van der Waals surface area contributed by atoms with E-state index in [1.807, 2.05) is 13.1 Å². The van der Waals surface area contributed by atoms with Crippen LogP contribution in [0.5, 0.6) is 0 Å². The van der Waals surface area contributed by atoms with Crippen molar-refractivity contribution in [2.75, 3.05) is 13.6 Å². The first-order chi connectivity index (χ1) is 8.20. The van der Waals surface area contributed by atoms with E-state index in [0.29, 0.717) is 5.82 Å². The summed E-state index contributed by atoms with van der Waals surface area (Å²) in [5, 5.41) is 15.5. The van der Waals surface area contributed by atoms with Gasteiger partial charge in [-0.2, -0.15) is 4.80 Å². The summed E-state index contributed by atoms with van der Waals surface area (Å²) in [7, 11) is 1.90. The molecule has 0 unspecified atom stereocenters. The summed E-state index contributed by atoms with van der Waals surface area (Å²) in [5.74, 6) is 0.684. The van der Waals surface area contributed by atoms with Gasteiger partial charge in [-0.1, -0.05) is 12.1 Å². The van der Waals surface area contributed by atoms with Gasteiger partial charge < -0.3 is 5.32 Å². The van der Waals surface area contributed by atoms with Gasteiger partial charge in [0, 0.05) is 12.1 Å². The number of aromatic nitrogens is 4. The second-order valence-electron chi connectivity index (χ2n) is 4.11. The average molecular weight is 231 g/mol. The van der Waals surface area contributed by atoms with Crippen molar-refractivity contribution in [1.29, 1.82) is 0 Å². The van der Waals surface area contributed by atoms with Crippen LogP contribution in [0.3, 0.4) is 0 Å². The van der Waals surface area contributed by atoms with Crippen LogP contribution in [-0.2, 0) is 6.54 Å². The molecular formula is C12H17N5. The molecule has 1 N–H and O–H groups in total. The monoisotopic (exact) mass is 231 g/mol. The molecule has 0 spiro atoms. The number of likely N-dealkylation sites (N-methyl/N-ethyl adjacent to an activating group) is 1. The summed E-state index contributed by atoms with van der Waals surface area (Å²) < 4.78 is 0. The predicted molar refractivity (Wildman–Crippen MR) is 66.7 cm³/mol. The van der Waals surface area contributed by atoms with Gasteiger partial charge in [0.25, 0.3) is 0 Å². The molecule has 0 fully saturated rings. The number of hydrogen-bond donors (Lipinski definition) is 1. The molecule has 0 atom stereocenters. The summed E-state index contributed by atoms with van der Waals surface area (Å²) >= 11 is 0. The Morgan fingerprint density at radius 1 is 1.24 bits per heavy atom. The Kier molecular flexibility index (Phi) is 3.49. The zero-order valence-electron chi connectivity index (χ0n) is 10.4. The Bertz CT molecular complexity index is 503. The molecule has 2 rings (SSSR count). The molecule has 2 aromatic rings. The first-order valence-electron chi connectivity index (χ1n) is 5.71. The molecule has 0 aliphatic rings. The van der Waals surface area contributed by atoms with Crippen molar-refractivity contribution >= 4 is 0 Å². The number of aryl methyl sites for hydroxylation is 2. The van der Waals surface area contributed by atoms with Crippen LogP contribution in [0, 0.1) is 13.8 Å². The minimum Gasteiger partial charge on any atom is -0.318 e. The summed E-state index contributed by atoms with van der Waals surface area (Å²) in [6.45, 7) is 5.75. The molecule has 0 saturated heterocycles. The van der Waals surface area contributed by atoms with Crippen LogP contribution in [0.1, 0.15) is 11.1 Å². The van der Waals surface area contributed by atoms with Crippen LogP contribution in [0.25, 0.3) is 11.4 Å². The maximum atomic E-state index is 4.34. The van der Waals surface area contributed by atoms with Gasteiger partial charge in [0.15, 0.2) is 0 Å². The van der Waals surface area contributed by atoms with Crippen molar-refractivity contribution in [3.63, 3.8) is 0 Å². The van der Waals surface area contributed by atoms with Crippen LogP contribution in [-0.4, -0.2) is 33.8 Å². The van der Waals surface area contributed by atoms with Crippen molar-refractivity contribution in [2.24, 2.45) is 0 Å². The Morgan fingerprint density at radius 2 is 2.06 bits per heavy atom. The van der Waals surface area contributed by atoms with Crippen molar-refractivity contribution in [3.05, 3.63) is 29.3 Å². The van der Waals surface area contributed by atoms with E-state index in [0.717, 1.165) is 18.7 Å². The highest BCUT2D eigenvalue weighted by Gasteiger charge is 2.06. The van der Waals surface area contributed by atoms with E-state index in [9.17, 15) is 0 Å². The zero-order valence-corrected chi connectivity index (χ0v) is 10.4. The topological polar surface area (TPSA) is 55.6 Å². The van der Waals surface area contributed by atoms with Crippen LogP contribution in [0.15, 0.2) is 18.2 Å². The van der Waals surface area contributed by atoms with Gasteiger partial charge in [0.2, 0.25) is 5.82 Å². The summed E-state index contributed by atoms with van der Waals surface area (Å²) in [4.78, 5) is 1.61. The lowest BCUT2D eigenvalue weighted by Crippen LogP contribution is -2.16. The smallest absolute Gasteiger partial charge is 0.204 e. The highest BCUT2D eigenvalue weighted by Crippen LogP contribution is 2.17. The lowest BCUT2D eigenvalue weighted by Gasteiger charge is -2.01. The molecule has 5 heteroatoms. The Balaban J connectivity index is 2.21. The number of rotatable bonds is 4. The highest BCUT2D eigenvalue weighted by molar-refractivity contribution is 5.56. The van der Waals surface area contributed by atoms with Gasteiger partial charge in [0.1, 0.15) is 0 Å². The molecule has 0 saturated carbocycles. The molecule has 0 aliphatic carbocycles. The molecule has 1 aromatic heterocycles. The lowest BCUT2D eigenvalue weighted by molar-refractivity contribution is 0.507. The normalized spacial score (nSPS) is 10.8. The Labute approximate surface area is 101 Å². The number of nitrogens with zero attached hydrogens (tertiary/aromatic N) is 4. The van der Waals surface area contributed by atoms with Crippen molar-refractivity contribution < 1.29 is 0 Å². The van der Waals surface area contributed by atoms with Crippen LogP contribution < -0.4 is 5.32 Å². The summed E-state index contributed by atoms with van der Waals surface area (Å²) in [6, 6.07) is 6.20. The minimum absolute atomic E-state index is 0.684. The summed E-state index contributed by atoms with van der Waals surface area (Å²) in [5.41, 5.74) is 3.54. The van der Waals surface area contributed by atoms with E-state index < -0.39 is 0 Å². The van der Waals surface area contributed by atoms with E-state index in [1.54, 1.807) is 4.80 Å². The second-order valence-corrected chi connectivity index (χ2v) is 4.11. The van der Waals surface area contributed by atoms with Gasteiger partial charge in [-0.3, -0.25) is 0 Å². The summed E-state index contributed by atoms with van der Waals surface area (Å²) in [6.07, 6.45) is 0. The van der Waals surface area contributed by atoms with Crippen LogP contribution in [0.4, 0.5) is 0 Å². The second kappa shape index (κ2) is 5.05. The fourth-order valence-electron chi connectivity index (χ4n) is 1.55. The van der Waals surface area contributed by atoms with Gasteiger partial charge in [-0.15, -0.1) is 10.2 Å².